The van der Waals surface area contributed by atoms with Crippen LogP contribution >= 0.6 is 15.9 Å². The maximum Gasteiger partial charge on any atom is 0.120 e. The maximum atomic E-state index is 5.59. The largest absolute Gasteiger partial charge is 0.491 e. The molecule has 0 spiro atoms. The topological polar surface area (TPSA) is 31.4 Å². The Morgan fingerprint density at radius 2 is 1.85 bits per heavy atom. The average molecular weight is 336 g/mol. The Bertz CT molecular complexity index is 505. The molecule has 1 aromatic carbocycles. The van der Waals surface area contributed by atoms with Crippen molar-refractivity contribution in [2.45, 2.75) is 12.8 Å². The van der Waals surface area contributed by atoms with E-state index in [9.17, 15) is 0 Å². The Morgan fingerprint density at radius 3 is 2.65 bits per heavy atom. The van der Waals surface area contributed by atoms with E-state index in [4.69, 9.17) is 9.47 Å². The molecule has 20 heavy (non-hydrogen) atoms. The lowest BCUT2D eigenvalue weighted by atomic mass is 10.1. The smallest absolute Gasteiger partial charge is 0.120 e. The fourth-order valence-corrected chi connectivity index (χ4v) is 2.18. The molecule has 0 N–H and O–H groups in total. The van der Waals surface area contributed by atoms with E-state index in [-0.39, 0.29) is 0 Å². The van der Waals surface area contributed by atoms with Crippen molar-refractivity contribution in [1.82, 2.24) is 4.98 Å². The van der Waals surface area contributed by atoms with Gasteiger partial charge in [0.05, 0.1) is 6.61 Å². The number of nitrogens with zero attached hydrogens (tertiary/aromatic N) is 1. The Kier molecular flexibility index (Phi) is 6.54. The second kappa shape index (κ2) is 8.72. The third kappa shape index (κ3) is 5.72. The zero-order valence-electron chi connectivity index (χ0n) is 11.3. The van der Waals surface area contributed by atoms with E-state index >= 15 is 0 Å². The van der Waals surface area contributed by atoms with Gasteiger partial charge in [-0.15, -0.1) is 0 Å². The molecule has 0 saturated heterocycles. The van der Waals surface area contributed by atoms with Gasteiger partial charge in [0.2, 0.25) is 0 Å². The van der Waals surface area contributed by atoms with Crippen LogP contribution in [-0.4, -0.2) is 24.8 Å². The molecule has 0 amide bonds. The van der Waals surface area contributed by atoms with Gasteiger partial charge in [-0.1, -0.05) is 22.0 Å². The molecule has 2 rings (SSSR count). The number of benzene rings is 1. The van der Waals surface area contributed by atoms with Crippen LogP contribution in [0.4, 0.5) is 0 Å². The first kappa shape index (κ1) is 15.0. The van der Waals surface area contributed by atoms with Gasteiger partial charge in [0.15, 0.2) is 0 Å². The Labute approximate surface area is 128 Å². The van der Waals surface area contributed by atoms with Crippen molar-refractivity contribution in [3.8, 4) is 5.75 Å². The monoisotopic (exact) mass is 335 g/mol. The zero-order valence-corrected chi connectivity index (χ0v) is 12.9. The van der Waals surface area contributed by atoms with Gasteiger partial charge >= 0.3 is 0 Å². The summed E-state index contributed by atoms with van der Waals surface area (Å²) in [5, 5.41) is 0. The van der Waals surface area contributed by atoms with Gasteiger partial charge in [-0.05, 0) is 48.7 Å². The van der Waals surface area contributed by atoms with Crippen LogP contribution in [0.3, 0.4) is 0 Å². The predicted molar refractivity (Wildman–Crippen MR) is 83.0 cm³/mol. The van der Waals surface area contributed by atoms with Crippen LogP contribution in [0, 0.1) is 0 Å². The fraction of sp³-hybridized carbons (Fsp3) is 0.312. The summed E-state index contributed by atoms with van der Waals surface area (Å²) in [6.45, 7) is 1.94. The van der Waals surface area contributed by atoms with Gasteiger partial charge in [-0.25, -0.2) is 0 Å². The molecule has 4 heteroatoms. The maximum absolute atomic E-state index is 5.59. The molecule has 0 bridgehead atoms. The highest BCUT2D eigenvalue weighted by Gasteiger charge is 1.96. The second-order valence-electron chi connectivity index (χ2n) is 4.38. The van der Waals surface area contributed by atoms with Crippen molar-refractivity contribution in [2.75, 3.05) is 19.8 Å². The summed E-state index contributed by atoms with van der Waals surface area (Å²) in [5.41, 5.74) is 1.30. The summed E-state index contributed by atoms with van der Waals surface area (Å²) >= 11 is 3.41. The predicted octanol–water partition coefficient (Wildman–Crippen LogP) is 3.87. The van der Waals surface area contributed by atoms with Crippen LogP contribution in [0.25, 0.3) is 0 Å². The first-order valence-corrected chi connectivity index (χ1v) is 7.49. The zero-order chi connectivity index (χ0) is 14.0. The van der Waals surface area contributed by atoms with Gasteiger partial charge in [0.1, 0.15) is 12.4 Å². The number of rotatable bonds is 8. The highest BCUT2D eigenvalue weighted by molar-refractivity contribution is 9.10. The molecule has 0 saturated carbocycles. The van der Waals surface area contributed by atoms with Crippen LogP contribution in [0.15, 0.2) is 53.3 Å². The van der Waals surface area contributed by atoms with Gasteiger partial charge in [-0.2, -0.15) is 0 Å². The van der Waals surface area contributed by atoms with Crippen LogP contribution in [0.1, 0.15) is 12.0 Å². The van der Waals surface area contributed by atoms with Crippen LogP contribution in [-0.2, 0) is 11.2 Å². The summed E-state index contributed by atoms with van der Waals surface area (Å²) in [5.74, 6) is 0.861. The number of halogens is 1. The Morgan fingerprint density at radius 1 is 1.00 bits per heavy atom. The van der Waals surface area contributed by atoms with E-state index in [2.05, 4.69) is 20.9 Å². The summed E-state index contributed by atoms with van der Waals surface area (Å²) < 4.78 is 12.2. The molecule has 0 aliphatic rings. The van der Waals surface area contributed by atoms with Gasteiger partial charge < -0.3 is 9.47 Å². The molecule has 0 atom stereocenters. The van der Waals surface area contributed by atoms with E-state index in [1.54, 1.807) is 0 Å². The summed E-state index contributed by atoms with van der Waals surface area (Å²) in [6, 6.07) is 11.9. The molecule has 1 heterocycles. The lowest BCUT2D eigenvalue weighted by Gasteiger charge is -2.07. The summed E-state index contributed by atoms with van der Waals surface area (Å²) in [4.78, 5) is 4.00. The van der Waals surface area contributed by atoms with Crippen molar-refractivity contribution in [3.05, 3.63) is 58.8 Å². The third-order valence-electron chi connectivity index (χ3n) is 2.80. The molecular weight excluding hydrogens is 318 g/mol. The second-order valence-corrected chi connectivity index (χ2v) is 5.29. The van der Waals surface area contributed by atoms with Crippen LogP contribution in [0.2, 0.25) is 0 Å². The summed E-state index contributed by atoms with van der Waals surface area (Å²) in [6.07, 6.45) is 5.68. The molecule has 0 fully saturated rings. The van der Waals surface area contributed by atoms with Gasteiger partial charge in [0.25, 0.3) is 0 Å². The first-order chi connectivity index (χ1) is 9.84. The molecular formula is C16H18BrNO2. The van der Waals surface area contributed by atoms with Crippen molar-refractivity contribution >= 4 is 15.9 Å². The minimum atomic E-state index is 0.575. The molecule has 0 radical (unpaired) electrons. The number of hydrogen-bond donors (Lipinski definition) is 0. The van der Waals surface area contributed by atoms with Crippen molar-refractivity contribution in [1.29, 1.82) is 0 Å². The number of ether oxygens (including phenoxy) is 2. The molecule has 2 aromatic rings. The van der Waals surface area contributed by atoms with Gasteiger partial charge in [0, 0.05) is 23.5 Å². The highest BCUT2D eigenvalue weighted by Crippen LogP contribution is 2.17. The van der Waals surface area contributed by atoms with E-state index in [0.717, 1.165) is 29.7 Å². The number of hydrogen-bond acceptors (Lipinski definition) is 3. The van der Waals surface area contributed by atoms with Crippen molar-refractivity contribution < 1.29 is 9.47 Å². The van der Waals surface area contributed by atoms with Gasteiger partial charge in [-0.3, -0.25) is 4.98 Å². The normalized spacial score (nSPS) is 10.4. The lowest BCUT2D eigenvalue weighted by Crippen LogP contribution is -2.08. The quantitative estimate of drug-likeness (QED) is 0.686. The Balaban J connectivity index is 1.52. The van der Waals surface area contributed by atoms with E-state index in [1.807, 2.05) is 48.8 Å². The molecule has 0 unspecified atom stereocenters. The molecule has 3 nitrogen and oxygen atoms in total. The highest BCUT2D eigenvalue weighted by atomic mass is 79.9. The Hall–Kier alpha value is -1.39. The number of aryl methyl sites for hydroxylation is 1. The van der Waals surface area contributed by atoms with Crippen LogP contribution in [0.5, 0.6) is 5.75 Å². The van der Waals surface area contributed by atoms with E-state index in [0.29, 0.717) is 13.2 Å². The van der Waals surface area contributed by atoms with Crippen molar-refractivity contribution in [2.24, 2.45) is 0 Å². The average Bonchev–Trinajstić information content (AvgIpc) is 2.47. The summed E-state index contributed by atoms with van der Waals surface area (Å²) in [7, 11) is 0. The number of pyridine rings is 1. The minimum absolute atomic E-state index is 0.575. The molecule has 0 aliphatic carbocycles. The van der Waals surface area contributed by atoms with E-state index < -0.39 is 0 Å². The molecule has 1 aromatic heterocycles. The minimum Gasteiger partial charge on any atom is -0.491 e. The lowest BCUT2D eigenvalue weighted by molar-refractivity contribution is 0.0985. The standard InChI is InChI=1S/C16H18BrNO2/c17-15-4-1-5-16(13-15)20-12-11-19-10-2-3-14-6-8-18-9-7-14/h1,4-9,13H,2-3,10-12H2. The molecule has 0 aliphatic heterocycles. The fourth-order valence-electron chi connectivity index (χ4n) is 1.81. The van der Waals surface area contributed by atoms with E-state index in [1.165, 1.54) is 5.56 Å². The number of aromatic nitrogens is 1. The SMILES string of the molecule is Brc1cccc(OCCOCCCc2ccncc2)c1. The molecule has 106 valence electrons. The first-order valence-electron chi connectivity index (χ1n) is 6.69. The van der Waals surface area contributed by atoms with Crippen LogP contribution < -0.4 is 4.74 Å². The van der Waals surface area contributed by atoms with Crippen molar-refractivity contribution in [3.63, 3.8) is 0 Å². The third-order valence-corrected chi connectivity index (χ3v) is 3.29.